The average molecular weight is 457 g/mol. The molecule has 7 heteroatoms. The van der Waals surface area contributed by atoms with Gasteiger partial charge in [-0.15, -0.1) is 0 Å². The monoisotopic (exact) mass is 456 g/mol. The highest BCUT2D eigenvalue weighted by Crippen LogP contribution is 2.30. The minimum Gasteiger partial charge on any atom is -0.497 e. The Morgan fingerprint density at radius 1 is 1.12 bits per heavy atom. The van der Waals surface area contributed by atoms with Gasteiger partial charge in [-0.1, -0.05) is 39.0 Å². The zero-order chi connectivity index (χ0) is 24.0. The lowest BCUT2D eigenvalue weighted by Gasteiger charge is -2.25. The van der Waals surface area contributed by atoms with E-state index < -0.39 is 12.0 Å². The molecule has 0 spiro atoms. The molecule has 1 fully saturated rings. The van der Waals surface area contributed by atoms with Crippen molar-refractivity contribution in [2.45, 2.75) is 57.8 Å². The van der Waals surface area contributed by atoms with Crippen LogP contribution in [0.2, 0.25) is 0 Å². The van der Waals surface area contributed by atoms with E-state index in [4.69, 9.17) is 19.9 Å². The smallest absolute Gasteiger partial charge is 0.255 e. The first-order chi connectivity index (χ1) is 15.7. The quantitative estimate of drug-likeness (QED) is 0.633. The molecule has 1 heterocycles. The molecule has 1 saturated heterocycles. The minimum atomic E-state index is -0.562. The fraction of sp³-hybridized carbons (Fsp3) is 0.500. The molecular formula is C26H36N2O5. The second-order valence-corrected chi connectivity index (χ2v) is 9.58. The molecule has 0 saturated carbocycles. The van der Waals surface area contributed by atoms with Gasteiger partial charge in [-0.3, -0.25) is 9.69 Å². The first-order valence-corrected chi connectivity index (χ1v) is 11.4. The molecule has 1 amide bonds. The molecule has 0 unspecified atom stereocenters. The van der Waals surface area contributed by atoms with Crippen molar-refractivity contribution in [2.24, 2.45) is 5.73 Å². The van der Waals surface area contributed by atoms with Crippen molar-refractivity contribution in [3.05, 3.63) is 53.6 Å². The maximum absolute atomic E-state index is 11.2. The number of aliphatic hydroxyl groups is 1. The molecule has 0 bridgehead atoms. The number of nitrogens with two attached hydrogens (primary N) is 1. The van der Waals surface area contributed by atoms with E-state index in [-0.39, 0.29) is 18.1 Å². The highest BCUT2D eigenvalue weighted by Gasteiger charge is 2.27. The van der Waals surface area contributed by atoms with Gasteiger partial charge in [0.1, 0.15) is 23.4 Å². The summed E-state index contributed by atoms with van der Waals surface area (Å²) in [4.78, 5) is 13.5. The summed E-state index contributed by atoms with van der Waals surface area (Å²) >= 11 is 0. The lowest BCUT2D eigenvalue weighted by Crippen LogP contribution is -2.31. The Bertz CT molecular complexity index is 941. The molecule has 0 aromatic heterocycles. The zero-order valence-corrected chi connectivity index (χ0v) is 20.0. The fourth-order valence-electron chi connectivity index (χ4n) is 3.96. The third kappa shape index (κ3) is 7.11. The Balaban J connectivity index is 1.72. The van der Waals surface area contributed by atoms with Crippen molar-refractivity contribution >= 4 is 5.91 Å². The topological polar surface area (TPSA) is 94.3 Å². The number of carbonyl (C=O) groups excluding carboxylic acids is 1. The molecule has 180 valence electrons. The van der Waals surface area contributed by atoms with E-state index >= 15 is 0 Å². The highest BCUT2D eigenvalue weighted by molar-refractivity contribution is 5.75. The van der Waals surface area contributed by atoms with Gasteiger partial charge in [0.25, 0.3) is 5.91 Å². The van der Waals surface area contributed by atoms with Crippen molar-refractivity contribution in [1.82, 2.24) is 4.90 Å². The number of likely N-dealkylation sites (tertiary alicyclic amines) is 1. The van der Waals surface area contributed by atoms with Crippen LogP contribution in [-0.2, 0) is 16.8 Å². The second-order valence-electron chi connectivity index (χ2n) is 9.58. The van der Waals surface area contributed by atoms with Crippen LogP contribution >= 0.6 is 0 Å². The summed E-state index contributed by atoms with van der Waals surface area (Å²) in [7, 11) is 1.62. The second kappa shape index (κ2) is 10.9. The molecule has 33 heavy (non-hydrogen) atoms. The third-order valence-corrected chi connectivity index (χ3v) is 5.92. The molecule has 0 radical (unpaired) electrons. The van der Waals surface area contributed by atoms with Crippen LogP contribution in [0.5, 0.6) is 17.2 Å². The fourth-order valence-corrected chi connectivity index (χ4v) is 3.96. The molecule has 0 aliphatic carbocycles. The minimum absolute atomic E-state index is 0.0123. The van der Waals surface area contributed by atoms with E-state index in [0.29, 0.717) is 30.9 Å². The van der Waals surface area contributed by atoms with Crippen molar-refractivity contribution < 1.29 is 24.1 Å². The summed E-state index contributed by atoms with van der Waals surface area (Å²) in [6.45, 7) is 8.49. The first kappa shape index (κ1) is 24.9. The summed E-state index contributed by atoms with van der Waals surface area (Å²) in [5, 5.41) is 10.7. The van der Waals surface area contributed by atoms with Gasteiger partial charge in [-0.05, 0) is 42.0 Å². The van der Waals surface area contributed by atoms with Crippen molar-refractivity contribution in [2.75, 3.05) is 26.8 Å². The number of amides is 1. The van der Waals surface area contributed by atoms with E-state index in [1.54, 1.807) is 7.11 Å². The van der Waals surface area contributed by atoms with Gasteiger partial charge in [-0.2, -0.15) is 0 Å². The number of carbonyl (C=O) groups is 1. The Hall–Kier alpha value is -2.77. The Labute approximate surface area is 196 Å². The van der Waals surface area contributed by atoms with Gasteiger partial charge in [0.2, 0.25) is 0 Å². The molecule has 2 aromatic carbocycles. The normalized spacial score (nSPS) is 19.5. The summed E-state index contributed by atoms with van der Waals surface area (Å²) in [5.41, 5.74) is 7.47. The number of benzene rings is 2. The van der Waals surface area contributed by atoms with Crippen LogP contribution in [0, 0.1) is 0 Å². The molecule has 3 N–H and O–H groups in total. The Morgan fingerprint density at radius 2 is 1.85 bits per heavy atom. The maximum Gasteiger partial charge on any atom is 0.255 e. The number of nitrogens with zero attached hydrogens (tertiary/aromatic N) is 1. The van der Waals surface area contributed by atoms with E-state index in [1.807, 2.05) is 36.4 Å². The number of hydrogen-bond donors (Lipinski definition) is 2. The maximum atomic E-state index is 11.2. The third-order valence-electron chi connectivity index (χ3n) is 5.92. The number of primary amides is 1. The van der Waals surface area contributed by atoms with Crippen LogP contribution in [0.1, 0.15) is 44.7 Å². The molecule has 1 aliphatic rings. The standard InChI is InChI=1S/C26H36N2O5/c1-26(2,3)19-8-9-23(32-17-25(27)30)18(14-19)16-28-12-10-22(29)24(11-13-28)33-21-7-5-6-20(15-21)31-4/h5-9,14-15,22,24,29H,10-13,16-17H2,1-4H3,(H2,27,30)/t22-,24-/m0/s1. The summed E-state index contributed by atoms with van der Waals surface area (Å²) < 4.78 is 17.1. The summed E-state index contributed by atoms with van der Waals surface area (Å²) in [6, 6.07) is 13.5. The molecule has 7 nitrogen and oxygen atoms in total. The predicted octanol–water partition coefficient (Wildman–Crippen LogP) is 3.26. The van der Waals surface area contributed by atoms with Crippen LogP contribution in [-0.4, -0.2) is 54.9 Å². The molecule has 3 rings (SSSR count). The number of ether oxygens (including phenoxy) is 3. The highest BCUT2D eigenvalue weighted by atomic mass is 16.5. The van der Waals surface area contributed by atoms with Gasteiger partial charge in [-0.25, -0.2) is 0 Å². The summed E-state index contributed by atoms with van der Waals surface area (Å²) in [6.07, 6.45) is 0.432. The summed E-state index contributed by atoms with van der Waals surface area (Å²) in [5.74, 6) is 1.57. The van der Waals surface area contributed by atoms with Gasteiger partial charge in [0, 0.05) is 31.3 Å². The number of methoxy groups -OCH3 is 1. The van der Waals surface area contributed by atoms with Crippen LogP contribution in [0.3, 0.4) is 0 Å². The number of rotatable bonds is 8. The predicted molar refractivity (Wildman–Crippen MR) is 128 cm³/mol. The van der Waals surface area contributed by atoms with Crippen molar-refractivity contribution in [1.29, 1.82) is 0 Å². The van der Waals surface area contributed by atoms with E-state index in [1.165, 1.54) is 5.56 Å². The number of aliphatic hydroxyl groups excluding tert-OH is 1. The van der Waals surface area contributed by atoms with Crippen LogP contribution in [0.15, 0.2) is 42.5 Å². The van der Waals surface area contributed by atoms with E-state index in [0.717, 1.165) is 24.4 Å². The van der Waals surface area contributed by atoms with Crippen LogP contribution < -0.4 is 19.9 Å². The molecule has 2 aromatic rings. The lowest BCUT2D eigenvalue weighted by atomic mass is 9.86. The van der Waals surface area contributed by atoms with Crippen molar-refractivity contribution in [3.63, 3.8) is 0 Å². The SMILES string of the molecule is COc1cccc(O[C@H]2CCN(Cc3cc(C(C)(C)C)ccc3OCC(N)=O)CC[C@@H]2O)c1. The molecule has 2 atom stereocenters. The average Bonchev–Trinajstić information content (AvgIpc) is 2.94. The van der Waals surface area contributed by atoms with Crippen molar-refractivity contribution in [3.8, 4) is 17.2 Å². The Morgan fingerprint density at radius 3 is 2.55 bits per heavy atom. The first-order valence-electron chi connectivity index (χ1n) is 11.4. The largest absolute Gasteiger partial charge is 0.497 e. The Kier molecular flexibility index (Phi) is 8.21. The van der Waals surface area contributed by atoms with Gasteiger partial charge in [0.05, 0.1) is 13.2 Å². The molecule has 1 aliphatic heterocycles. The van der Waals surface area contributed by atoms with Gasteiger partial charge < -0.3 is 25.1 Å². The molecular weight excluding hydrogens is 420 g/mol. The van der Waals surface area contributed by atoms with Crippen LogP contribution in [0.4, 0.5) is 0 Å². The van der Waals surface area contributed by atoms with E-state index in [2.05, 4.69) is 31.7 Å². The zero-order valence-electron chi connectivity index (χ0n) is 20.0. The van der Waals surface area contributed by atoms with Crippen LogP contribution in [0.25, 0.3) is 0 Å². The number of hydrogen-bond acceptors (Lipinski definition) is 6. The van der Waals surface area contributed by atoms with E-state index in [9.17, 15) is 9.90 Å². The lowest BCUT2D eigenvalue weighted by molar-refractivity contribution is -0.119. The van der Waals surface area contributed by atoms with Gasteiger partial charge >= 0.3 is 0 Å². The van der Waals surface area contributed by atoms with Gasteiger partial charge in [0.15, 0.2) is 6.61 Å².